The van der Waals surface area contributed by atoms with E-state index in [2.05, 4.69) is 10.2 Å². The summed E-state index contributed by atoms with van der Waals surface area (Å²) >= 11 is 0. The number of nitrogens with zero attached hydrogens (tertiary/aromatic N) is 2. The van der Waals surface area contributed by atoms with Crippen LogP contribution in [0.5, 0.6) is 17.2 Å². The van der Waals surface area contributed by atoms with Crippen LogP contribution in [0.15, 0.2) is 16.5 Å². The summed E-state index contributed by atoms with van der Waals surface area (Å²) in [5.74, 6) is 1.94. The van der Waals surface area contributed by atoms with E-state index in [1.54, 1.807) is 33.3 Å². The highest BCUT2D eigenvalue weighted by molar-refractivity contribution is 5.69. The largest absolute Gasteiger partial charge is 0.493 e. The fourth-order valence-electron chi connectivity index (χ4n) is 2.14. The van der Waals surface area contributed by atoms with E-state index in [1.807, 2.05) is 0 Å². The van der Waals surface area contributed by atoms with Gasteiger partial charge in [0.2, 0.25) is 11.6 Å². The minimum atomic E-state index is -0.361. The molecule has 2 rings (SSSR count). The first kappa shape index (κ1) is 17.6. The summed E-state index contributed by atoms with van der Waals surface area (Å²) in [6.07, 6.45) is 0.671. The van der Waals surface area contributed by atoms with Gasteiger partial charge in [0.05, 0.1) is 21.3 Å². The molecular formula is C16H20N2O6. The van der Waals surface area contributed by atoms with Gasteiger partial charge in [-0.05, 0) is 24.1 Å². The van der Waals surface area contributed by atoms with Crippen molar-refractivity contribution in [2.75, 3.05) is 21.3 Å². The third kappa shape index (κ3) is 4.37. The third-order valence-electron chi connectivity index (χ3n) is 3.27. The third-order valence-corrected chi connectivity index (χ3v) is 3.27. The van der Waals surface area contributed by atoms with E-state index in [1.165, 1.54) is 7.11 Å². The lowest BCUT2D eigenvalue weighted by Gasteiger charge is -2.14. The standard InChI is InChI=1S/C16H20N2O6/c1-10-17-18-14(24-10)9-23-15(19)6-5-11-7-12(20-2)16(22-4)13(8-11)21-3/h7-8H,5-6,9H2,1-4H3. The van der Waals surface area contributed by atoms with Gasteiger partial charge in [0.25, 0.3) is 5.89 Å². The van der Waals surface area contributed by atoms with Crippen LogP contribution in [0.2, 0.25) is 0 Å². The molecule has 130 valence electrons. The van der Waals surface area contributed by atoms with Crippen LogP contribution in [0.4, 0.5) is 0 Å². The predicted molar refractivity (Wildman–Crippen MR) is 83.3 cm³/mol. The van der Waals surface area contributed by atoms with E-state index < -0.39 is 0 Å². The van der Waals surface area contributed by atoms with E-state index >= 15 is 0 Å². The molecule has 0 aliphatic rings. The van der Waals surface area contributed by atoms with Crippen molar-refractivity contribution < 1.29 is 28.2 Å². The van der Waals surface area contributed by atoms with Crippen molar-refractivity contribution in [2.45, 2.75) is 26.4 Å². The second kappa shape index (κ2) is 8.19. The highest BCUT2D eigenvalue weighted by Gasteiger charge is 2.14. The number of methoxy groups -OCH3 is 3. The zero-order valence-electron chi connectivity index (χ0n) is 14.1. The van der Waals surface area contributed by atoms with Crippen molar-refractivity contribution in [1.29, 1.82) is 0 Å². The molecule has 0 bridgehead atoms. The Morgan fingerprint density at radius 1 is 1.08 bits per heavy atom. The second-order valence-electron chi connectivity index (χ2n) is 4.91. The van der Waals surface area contributed by atoms with Gasteiger partial charge in [-0.1, -0.05) is 0 Å². The van der Waals surface area contributed by atoms with Gasteiger partial charge >= 0.3 is 5.97 Å². The van der Waals surface area contributed by atoms with Crippen LogP contribution >= 0.6 is 0 Å². The molecular weight excluding hydrogens is 316 g/mol. The molecule has 0 atom stereocenters. The molecule has 0 spiro atoms. The molecule has 8 heteroatoms. The Bertz CT molecular complexity index is 673. The number of hydrogen-bond donors (Lipinski definition) is 0. The molecule has 1 aromatic heterocycles. The number of aryl methyl sites for hydroxylation is 2. The first-order valence-electron chi connectivity index (χ1n) is 7.30. The number of benzene rings is 1. The quantitative estimate of drug-likeness (QED) is 0.677. The summed E-state index contributed by atoms with van der Waals surface area (Å²) in [5.41, 5.74) is 0.870. The normalized spacial score (nSPS) is 10.3. The van der Waals surface area contributed by atoms with E-state index in [4.69, 9.17) is 23.4 Å². The van der Waals surface area contributed by atoms with Crippen LogP contribution in [-0.2, 0) is 22.6 Å². The maximum absolute atomic E-state index is 11.8. The van der Waals surface area contributed by atoms with E-state index in [0.29, 0.717) is 29.6 Å². The zero-order chi connectivity index (χ0) is 17.5. The summed E-state index contributed by atoms with van der Waals surface area (Å²) < 4.78 is 26.1. The Hall–Kier alpha value is -2.77. The van der Waals surface area contributed by atoms with Gasteiger partial charge in [-0.2, -0.15) is 0 Å². The Morgan fingerprint density at radius 3 is 2.25 bits per heavy atom. The minimum absolute atomic E-state index is 0.0328. The number of carbonyl (C=O) groups excluding carboxylic acids is 1. The van der Waals surface area contributed by atoms with Crippen molar-refractivity contribution in [3.63, 3.8) is 0 Å². The van der Waals surface area contributed by atoms with Crippen LogP contribution in [0.1, 0.15) is 23.8 Å². The first-order chi connectivity index (χ1) is 11.6. The molecule has 0 fully saturated rings. The molecule has 0 amide bonds. The average Bonchev–Trinajstić information content (AvgIpc) is 3.02. The van der Waals surface area contributed by atoms with Gasteiger partial charge in [-0.3, -0.25) is 4.79 Å². The highest BCUT2D eigenvalue weighted by Crippen LogP contribution is 2.38. The van der Waals surface area contributed by atoms with Gasteiger partial charge < -0.3 is 23.4 Å². The topological polar surface area (TPSA) is 92.9 Å². The molecule has 24 heavy (non-hydrogen) atoms. The lowest BCUT2D eigenvalue weighted by atomic mass is 10.1. The van der Waals surface area contributed by atoms with E-state index in [0.717, 1.165) is 5.56 Å². The predicted octanol–water partition coefficient (Wildman–Crippen LogP) is 2.08. The maximum atomic E-state index is 11.8. The lowest BCUT2D eigenvalue weighted by Crippen LogP contribution is -2.06. The minimum Gasteiger partial charge on any atom is -0.493 e. The van der Waals surface area contributed by atoms with Gasteiger partial charge in [-0.25, -0.2) is 0 Å². The lowest BCUT2D eigenvalue weighted by molar-refractivity contribution is -0.145. The second-order valence-corrected chi connectivity index (χ2v) is 4.91. The smallest absolute Gasteiger partial charge is 0.306 e. The summed E-state index contributed by atoms with van der Waals surface area (Å²) in [6, 6.07) is 3.60. The van der Waals surface area contributed by atoms with Crippen molar-refractivity contribution >= 4 is 5.97 Å². The molecule has 0 radical (unpaired) electrons. The van der Waals surface area contributed by atoms with Crippen LogP contribution in [0, 0.1) is 6.92 Å². The molecule has 1 heterocycles. The number of hydrogen-bond acceptors (Lipinski definition) is 8. The van der Waals surface area contributed by atoms with Gasteiger partial charge in [-0.15, -0.1) is 10.2 Å². The molecule has 8 nitrogen and oxygen atoms in total. The van der Waals surface area contributed by atoms with Crippen molar-refractivity contribution in [3.8, 4) is 17.2 Å². The van der Waals surface area contributed by atoms with Crippen LogP contribution in [0.3, 0.4) is 0 Å². The summed E-state index contributed by atoms with van der Waals surface area (Å²) in [5, 5.41) is 7.42. The Morgan fingerprint density at radius 2 is 1.75 bits per heavy atom. The first-order valence-corrected chi connectivity index (χ1v) is 7.30. The number of esters is 1. The van der Waals surface area contributed by atoms with E-state index in [9.17, 15) is 4.79 Å². The Balaban J connectivity index is 1.94. The Kier molecular flexibility index (Phi) is 6.00. The molecule has 0 N–H and O–H groups in total. The molecule has 0 aliphatic heterocycles. The van der Waals surface area contributed by atoms with Gasteiger partial charge in [0.15, 0.2) is 18.1 Å². The molecule has 0 aliphatic carbocycles. The van der Waals surface area contributed by atoms with Crippen LogP contribution in [-0.4, -0.2) is 37.5 Å². The SMILES string of the molecule is COc1cc(CCC(=O)OCc2nnc(C)o2)cc(OC)c1OC. The summed E-state index contributed by atoms with van der Waals surface area (Å²) in [6.45, 7) is 1.64. The molecule has 0 unspecified atom stereocenters. The van der Waals surface area contributed by atoms with Gasteiger partial charge in [0, 0.05) is 13.3 Å². The summed E-state index contributed by atoms with van der Waals surface area (Å²) in [4.78, 5) is 11.8. The molecule has 0 saturated heterocycles. The monoisotopic (exact) mass is 336 g/mol. The molecule has 0 saturated carbocycles. The van der Waals surface area contributed by atoms with Crippen LogP contribution in [0.25, 0.3) is 0 Å². The number of carbonyl (C=O) groups is 1. The van der Waals surface area contributed by atoms with E-state index in [-0.39, 0.29) is 24.9 Å². The number of rotatable bonds is 8. The number of aromatic nitrogens is 2. The van der Waals surface area contributed by atoms with Crippen LogP contribution < -0.4 is 14.2 Å². The fourth-order valence-corrected chi connectivity index (χ4v) is 2.14. The van der Waals surface area contributed by atoms with Crippen molar-refractivity contribution in [1.82, 2.24) is 10.2 Å². The average molecular weight is 336 g/mol. The molecule has 2 aromatic rings. The zero-order valence-corrected chi connectivity index (χ0v) is 14.1. The summed E-state index contributed by atoms with van der Waals surface area (Å²) in [7, 11) is 4.63. The van der Waals surface area contributed by atoms with Gasteiger partial charge in [0.1, 0.15) is 0 Å². The molecule has 1 aromatic carbocycles. The fraction of sp³-hybridized carbons (Fsp3) is 0.438. The highest BCUT2D eigenvalue weighted by atomic mass is 16.5. The number of ether oxygens (including phenoxy) is 4. The van der Waals surface area contributed by atoms with Crippen molar-refractivity contribution in [3.05, 3.63) is 29.5 Å². The maximum Gasteiger partial charge on any atom is 0.306 e. The van der Waals surface area contributed by atoms with Crippen molar-refractivity contribution in [2.24, 2.45) is 0 Å². The Labute approximate surface area is 139 Å².